The van der Waals surface area contributed by atoms with E-state index in [2.05, 4.69) is 10.3 Å². The Labute approximate surface area is 178 Å². The standard InChI is InChI=1S/C25H18N2O4/c1-29-19-9-5-8-17(14-19)25-27-20-15-18(10-11-22(20)31-25)26-24(28)23-13-12-21(30-23)16-6-3-2-4-7-16/h2-15H,1H3,(H,26,28). The third-order valence-electron chi connectivity index (χ3n) is 4.85. The number of amides is 1. The first-order chi connectivity index (χ1) is 15.2. The SMILES string of the molecule is COc1cccc(-c2nc3cc(NC(=O)c4ccc(-c5ccccc5)o4)ccc3o2)c1. The Morgan fingerprint density at radius 2 is 1.71 bits per heavy atom. The fourth-order valence-corrected chi connectivity index (χ4v) is 3.29. The summed E-state index contributed by atoms with van der Waals surface area (Å²) in [5.74, 6) is 1.74. The fourth-order valence-electron chi connectivity index (χ4n) is 3.29. The molecule has 1 amide bonds. The minimum atomic E-state index is -0.335. The van der Waals surface area contributed by atoms with Gasteiger partial charge in [-0.25, -0.2) is 4.98 Å². The summed E-state index contributed by atoms with van der Waals surface area (Å²) in [4.78, 5) is 17.2. The second kappa shape index (κ2) is 7.84. The molecular weight excluding hydrogens is 392 g/mol. The van der Waals surface area contributed by atoms with Gasteiger partial charge in [-0.2, -0.15) is 0 Å². The molecule has 6 nitrogen and oxygen atoms in total. The van der Waals surface area contributed by atoms with Crippen molar-refractivity contribution in [2.24, 2.45) is 0 Å². The lowest BCUT2D eigenvalue weighted by Crippen LogP contribution is -2.10. The van der Waals surface area contributed by atoms with Crippen LogP contribution in [0, 0.1) is 0 Å². The average molecular weight is 410 g/mol. The summed E-state index contributed by atoms with van der Waals surface area (Å²) in [6.45, 7) is 0. The van der Waals surface area contributed by atoms with Gasteiger partial charge in [0.2, 0.25) is 5.89 Å². The van der Waals surface area contributed by atoms with Crippen LogP contribution in [-0.2, 0) is 0 Å². The molecule has 0 atom stereocenters. The monoisotopic (exact) mass is 410 g/mol. The molecule has 0 aliphatic rings. The van der Waals surface area contributed by atoms with E-state index < -0.39 is 0 Å². The van der Waals surface area contributed by atoms with Crippen molar-refractivity contribution in [2.45, 2.75) is 0 Å². The van der Waals surface area contributed by atoms with Crippen LogP contribution < -0.4 is 10.1 Å². The van der Waals surface area contributed by atoms with E-state index in [0.717, 1.165) is 16.9 Å². The molecule has 0 bridgehead atoms. The molecule has 0 unspecified atom stereocenters. The number of rotatable bonds is 5. The van der Waals surface area contributed by atoms with Gasteiger partial charge in [0, 0.05) is 16.8 Å². The normalized spacial score (nSPS) is 10.9. The van der Waals surface area contributed by atoms with Crippen molar-refractivity contribution < 1.29 is 18.4 Å². The van der Waals surface area contributed by atoms with Crippen molar-refractivity contribution in [3.63, 3.8) is 0 Å². The number of aromatic nitrogens is 1. The molecule has 1 N–H and O–H groups in total. The lowest BCUT2D eigenvalue weighted by atomic mass is 10.2. The molecular formula is C25H18N2O4. The zero-order chi connectivity index (χ0) is 21.2. The number of fused-ring (bicyclic) bond motifs is 1. The van der Waals surface area contributed by atoms with Crippen LogP contribution >= 0.6 is 0 Å². The van der Waals surface area contributed by atoms with Gasteiger partial charge in [-0.05, 0) is 48.5 Å². The van der Waals surface area contributed by atoms with E-state index >= 15 is 0 Å². The van der Waals surface area contributed by atoms with Gasteiger partial charge in [0.05, 0.1) is 7.11 Å². The van der Waals surface area contributed by atoms with Gasteiger partial charge in [0.15, 0.2) is 11.3 Å². The lowest BCUT2D eigenvalue weighted by molar-refractivity contribution is 0.0997. The van der Waals surface area contributed by atoms with Crippen LogP contribution in [0.1, 0.15) is 10.6 Å². The van der Waals surface area contributed by atoms with Crippen LogP contribution in [-0.4, -0.2) is 18.0 Å². The summed E-state index contributed by atoms with van der Waals surface area (Å²) in [5, 5.41) is 2.85. The summed E-state index contributed by atoms with van der Waals surface area (Å²) in [6, 6.07) is 25.9. The van der Waals surface area contributed by atoms with E-state index in [4.69, 9.17) is 13.6 Å². The molecule has 2 heterocycles. The highest BCUT2D eigenvalue weighted by Gasteiger charge is 2.14. The van der Waals surface area contributed by atoms with Crippen molar-refractivity contribution in [1.29, 1.82) is 0 Å². The second-order valence-corrected chi connectivity index (χ2v) is 6.92. The van der Waals surface area contributed by atoms with Crippen molar-refractivity contribution in [1.82, 2.24) is 4.98 Å². The molecule has 0 saturated carbocycles. The summed E-state index contributed by atoms with van der Waals surface area (Å²) >= 11 is 0. The number of hydrogen-bond donors (Lipinski definition) is 1. The molecule has 0 saturated heterocycles. The Bertz CT molecular complexity index is 1370. The molecule has 3 aromatic carbocycles. The molecule has 5 rings (SSSR count). The molecule has 0 fully saturated rings. The predicted octanol–water partition coefficient (Wildman–Crippen LogP) is 6.02. The fraction of sp³-hybridized carbons (Fsp3) is 0.0400. The van der Waals surface area contributed by atoms with Crippen molar-refractivity contribution in [3.8, 4) is 28.5 Å². The molecule has 0 spiro atoms. The maximum absolute atomic E-state index is 12.6. The predicted molar refractivity (Wildman–Crippen MR) is 118 cm³/mol. The van der Waals surface area contributed by atoms with Crippen LogP contribution in [0.3, 0.4) is 0 Å². The van der Waals surface area contributed by atoms with Gasteiger partial charge >= 0.3 is 0 Å². The Morgan fingerprint density at radius 1 is 0.871 bits per heavy atom. The van der Waals surface area contributed by atoms with E-state index in [9.17, 15) is 4.79 Å². The van der Waals surface area contributed by atoms with Gasteiger partial charge in [-0.3, -0.25) is 4.79 Å². The molecule has 31 heavy (non-hydrogen) atoms. The quantitative estimate of drug-likeness (QED) is 0.384. The number of nitrogens with one attached hydrogen (secondary N) is 1. The van der Waals surface area contributed by atoms with E-state index in [1.54, 1.807) is 37.4 Å². The Kier molecular flexibility index (Phi) is 4.72. The van der Waals surface area contributed by atoms with Gasteiger partial charge < -0.3 is 18.9 Å². The maximum Gasteiger partial charge on any atom is 0.291 e. The number of ether oxygens (including phenoxy) is 1. The molecule has 0 aliphatic heterocycles. The highest BCUT2D eigenvalue weighted by atomic mass is 16.5. The van der Waals surface area contributed by atoms with Gasteiger partial charge in [0.1, 0.15) is 17.0 Å². The van der Waals surface area contributed by atoms with Gasteiger partial charge in [-0.15, -0.1) is 0 Å². The van der Waals surface area contributed by atoms with E-state index in [-0.39, 0.29) is 11.7 Å². The van der Waals surface area contributed by atoms with Crippen molar-refractivity contribution >= 4 is 22.7 Å². The van der Waals surface area contributed by atoms with Crippen LogP contribution in [0.15, 0.2) is 93.8 Å². The van der Waals surface area contributed by atoms with Gasteiger partial charge in [-0.1, -0.05) is 36.4 Å². The Morgan fingerprint density at radius 3 is 2.55 bits per heavy atom. The molecule has 6 heteroatoms. The highest BCUT2D eigenvalue weighted by Crippen LogP contribution is 2.29. The highest BCUT2D eigenvalue weighted by molar-refractivity contribution is 6.03. The number of benzene rings is 3. The van der Waals surface area contributed by atoms with E-state index in [0.29, 0.717) is 28.4 Å². The Hall–Kier alpha value is -4.32. The summed E-state index contributed by atoms with van der Waals surface area (Å²) in [6.07, 6.45) is 0. The van der Waals surface area contributed by atoms with Crippen LogP contribution in [0.5, 0.6) is 5.75 Å². The van der Waals surface area contributed by atoms with Crippen molar-refractivity contribution in [2.75, 3.05) is 12.4 Å². The van der Waals surface area contributed by atoms with E-state index in [1.165, 1.54) is 0 Å². The first-order valence-electron chi connectivity index (χ1n) is 9.71. The molecule has 152 valence electrons. The van der Waals surface area contributed by atoms with Crippen molar-refractivity contribution in [3.05, 3.63) is 90.7 Å². The topological polar surface area (TPSA) is 77.5 Å². The Balaban J connectivity index is 1.37. The third kappa shape index (κ3) is 3.79. The van der Waals surface area contributed by atoms with E-state index in [1.807, 2.05) is 54.6 Å². The summed E-state index contributed by atoms with van der Waals surface area (Å²) < 4.78 is 16.8. The van der Waals surface area contributed by atoms with Gasteiger partial charge in [0.25, 0.3) is 5.91 Å². The first kappa shape index (κ1) is 18.7. The largest absolute Gasteiger partial charge is 0.497 e. The number of hydrogen-bond acceptors (Lipinski definition) is 5. The molecule has 0 radical (unpaired) electrons. The number of methoxy groups -OCH3 is 1. The number of carbonyl (C=O) groups is 1. The van der Waals surface area contributed by atoms with Crippen LogP contribution in [0.25, 0.3) is 33.9 Å². The number of nitrogens with zero attached hydrogens (tertiary/aromatic N) is 1. The minimum Gasteiger partial charge on any atom is -0.497 e. The number of carbonyl (C=O) groups excluding carboxylic acids is 1. The zero-order valence-electron chi connectivity index (χ0n) is 16.7. The van der Waals surface area contributed by atoms with Crippen LogP contribution in [0.4, 0.5) is 5.69 Å². The number of furan rings is 1. The molecule has 2 aromatic heterocycles. The minimum absolute atomic E-state index is 0.233. The van der Waals surface area contributed by atoms with Crippen LogP contribution in [0.2, 0.25) is 0 Å². The smallest absolute Gasteiger partial charge is 0.291 e. The third-order valence-corrected chi connectivity index (χ3v) is 4.85. The second-order valence-electron chi connectivity index (χ2n) is 6.92. The lowest BCUT2D eigenvalue weighted by Gasteiger charge is -2.02. The molecule has 0 aliphatic carbocycles. The number of anilines is 1. The molecule has 5 aromatic rings. The average Bonchev–Trinajstić information content (AvgIpc) is 3.47. The summed E-state index contributed by atoms with van der Waals surface area (Å²) in [7, 11) is 1.61. The zero-order valence-corrected chi connectivity index (χ0v) is 16.7. The number of oxazole rings is 1. The maximum atomic E-state index is 12.6. The summed E-state index contributed by atoms with van der Waals surface area (Å²) in [5.41, 5.74) is 3.58. The first-order valence-corrected chi connectivity index (χ1v) is 9.71.